The maximum absolute atomic E-state index is 14.8. The van der Waals surface area contributed by atoms with Crippen LogP contribution in [0.25, 0.3) is 0 Å². The Balaban J connectivity index is 1.66. The largest absolute Gasteiger partial charge is 0.493 e. The third-order valence-electron chi connectivity index (χ3n) is 5.48. The molecule has 0 saturated carbocycles. The molecule has 0 fully saturated rings. The summed E-state index contributed by atoms with van der Waals surface area (Å²) in [5.74, 6) is -0.126. The summed E-state index contributed by atoms with van der Waals surface area (Å²) in [6.45, 7) is -0.711. The lowest BCUT2D eigenvalue weighted by molar-refractivity contribution is -0.114. The van der Waals surface area contributed by atoms with Crippen LogP contribution in [-0.4, -0.2) is 35.1 Å². The van der Waals surface area contributed by atoms with Crippen LogP contribution in [-0.2, 0) is 14.8 Å². The molecule has 0 aliphatic rings. The van der Waals surface area contributed by atoms with Crippen LogP contribution in [0, 0.1) is 5.82 Å². The Bertz CT molecular complexity index is 1530. The molecule has 0 bridgehead atoms. The molecular weight excluding hydrogens is 511 g/mol. The molecule has 196 valence electrons. The van der Waals surface area contributed by atoms with E-state index in [0.717, 1.165) is 6.07 Å². The summed E-state index contributed by atoms with van der Waals surface area (Å²) in [6.07, 6.45) is 0. The molecule has 1 amide bonds. The summed E-state index contributed by atoms with van der Waals surface area (Å²) in [4.78, 5) is 13.0. The van der Waals surface area contributed by atoms with Gasteiger partial charge >= 0.3 is 0 Å². The van der Waals surface area contributed by atoms with Gasteiger partial charge in [0.05, 0.1) is 30.5 Å². The van der Waals surface area contributed by atoms with Crippen LogP contribution in [0.4, 0.5) is 15.8 Å². The fraction of sp³-hybridized carbons (Fsp3) is 0.107. The second-order valence-corrected chi connectivity index (χ2v) is 9.80. The van der Waals surface area contributed by atoms with Crippen LogP contribution < -0.4 is 23.8 Å². The minimum absolute atomic E-state index is 0.165. The Labute approximate surface area is 220 Å². The molecule has 0 heterocycles. The Morgan fingerprint density at radius 2 is 1.47 bits per heavy atom. The van der Waals surface area contributed by atoms with Crippen LogP contribution in [0.2, 0.25) is 0 Å². The molecule has 4 aromatic rings. The summed E-state index contributed by atoms with van der Waals surface area (Å²) >= 11 is 0. The van der Waals surface area contributed by atoms with E-state index in [4.69, 9.17) is 14.2 Å². The minimum atomic E-state index is -4.41. The summed E-state index contributed by atoms with van der Waals surface area (Å²) in [5, 5.41) is 2.68. The van der Waals surface area contributed by atoms with Gasteiger partial charge < -0.3 is 19.5 Å². The highest BCUT2D eigenvalue weighted by Gasteiger charge is 2.30. The molecule has 0 unspecified atom stereocenters. The van der Waals surface area contributed by atoms with Gasteiger partial charge in [0.15, 0.2) is 17.2 Å². The number of halogens is 1. The van der Waals surface area contributed by atoms with Gasteiger partial charge in [-0.2, -0.15) is 0 Å². The first kappa shape index (κ1) is 26.5. The van der Waals surface area contributed by atoms with Crippen molar-refractivity contribution in [2.75, 3.05) is 30.4 Å². The number of nitrogens with one attached hydrogen (secondary N) is 1. The number of ether oxygens (including phenoxy) is 3. The molecule has 0 aliphatic carbocycles. The number of methoxy groups -OCH3 is 2. The van der Waals surface area contributed by atoms with Gasteiger partial charge in [0, 0.05) is 6.07 Å². The van der Waals surface area contributed by atoms with Gasteiger partial charge in [0.1, 0.15) is 18.1 Å². The third kappa shape index (κ3) is 5.87. The number of sulfonamides is 1. The van der Waals surface area contributed by atoms with Crippen LogP contribution >= 0.6 is 0 Å². The lowest BCUT2D eigenvalue weighted by Gasteiger charge is -2.25. The second-order valence-electron chi connectivity index (χ2n) is 7.94. The molecule has 0 radical (unpaired) electrons. The Morgan fingerprint density at radius 1 is 0.816 bits per heavy atom. The number of benzene rings is 4. The highest BCUT2D eigenvalue weighted by molar-refractivity contribution is 7.92. The van der Waals surface area contributed by atoms with E-state index in [1.807, 2.05) is 18.2 Å². The lowest BCUT2D eigenvalue weighted by atomic mass is 10.2. The molecule has 4 rings (SSSR count). The van der Waals surface area contributed by atoms with Crippen LogP contribution in [0.5, 0.6) is 23.0 Å². The lowest BCUT2D eigenvalue weighted by Crippen LogP contribution is -2.38. The highest BCUT2D eigenvalue weighted by atomic mass is 32.2. The van der Waals surface area contributed by atoms with Crippen molar-refractivity contribution in [3.8, 4) is 23.0 Å². The Morgan fingerprint density at radius 3 is 2.18 bits per heavy atom. The molecule has 0 spiro atoms. The fourth-order valence-electron chi connectivity index (χ4n) is 3.65. The number of carbonyl (C=O) groups is 1. The number of amides is 1. The summed E-state index contributed by atoms with van der Waals surface area (Å²) in [5.41, 5.74) is 0.0320. The van der Waals surface area contributed by atoms with Crippen molar-refractivity contribution in [3.05, 3.63) is 103 Å². The van der Waals surface area contributed by atoms with E-state index in [2.05, 4.69) is 5.32 Å². The smallest absolute Gasteiger partial charge is 0.265 e. The second kappa shape index (κ2) is 11.7. The SMILES string of the molecule is COc1ccc(S(=O)(=O)N(CC(=O)Nc2ccccc2Oc2ccccc2)c2ccccc2F)cc1OC. The van der Waals surface area contributed by atoms with Gasteiger partial charge in [0.2, 0.25) is 5.91 Å². The van der Waals surface area contributed by atoms with Crippen molar-refractivity contribution in [2.45, 2.75) is 4.90 Å². The molecule has 10 heteroatoms. The molecule has 0 aliphatic heterocycles. The van der Waals surface area contributed by atoms with Crippen LogP contribution in [0.15, 0.2) is 102 Å². The minimum Gasteiger partial charge on any atom is -0.493 e. The number of para-hydroxylation sites is 4. The fourth-order valence-corrected chi connectivity index (χ4v) is 5.10. The van der Waals surface area contributed by atoms with E-state index >= 15 is 0 Å². The number of carbonyl (C=O) groups excluding carboxylic acids is 1. The topological polar surface area (TPSA) is 94.2 Å². The molecule has 1 N–H and O–H groups in total. The molecule has 0 atom stereocenters. The van der Waals surface area contributed by atoms with E-state index in [1.165, 1.54) is 50.6 Å². The Hall–Kier alpha value is -4.57. The van der Waals surface area contributed by atoms with Gasteiger partial charge in [0.25, 0.3) is 10.0 Å². The maximum Gasteiger partial charge on any atom is 0.265 e. The molecular formula is C28H25FN2O6S. The quantitative estimate of drug-likeness (QED) is 0.289. The summed E-state index contributed by atoms with van der Waals surface area (Å²) in [7, 11) is -1.63. The highest BCUT2D eigenvalue weighted by Crippen LogP contribution is 2.33. The van der Waals surface area contributed by atoms with Crippen LogP contribution in [0.1, 0.15) is 0 Å². The standard InChI is InChI=1S/C28H25FN2O6S/c1-35-26-17-16-21(18-27(26)36-2)38(33,34)31(24-14-8-6-12-22(24)29)19-28(32)30-23-13-7-9-15-25(23)37-20-10-4-3-5-11-20/h3-18H,19H2,1-2H3,(H,30,32). The first-order chi connectivity index (χ1) is 18.3. The van der Waals surface area contributed by atoms with Gasteiger partial charge in [-0.1, -0.05) is 42.5 Å². The molecule has 8 nitrogen and oxygen atoms in total. The maximum atomic E-state index is 14.8. The van der Waals surface area contributed by atoms with Crippen molar-refractivity contribution < 1.29 is 31.8 Å². The van der Waals surface area contributed by atoms with Crippen molar-refractivity contribution in [1.82, 2.24) is 0 Å². The number of hydrogen-bond donors (Lipinski definition) is 1. The number of anilines is 2. The zero-order valence-electron chi connectivity index (χ0n) is 20.6. The average Bonchev–Trinajstić information content (AvgIpc) is 2.93. The van der Waals surface area contributed by atoms with Crippen LogP contribution in [0.3, 0.4) is 0 Å². The zero-order chi connectivity index (χ0) is 27.1. The van der Waals surface area contributed by atoms with Gasteiger partial charge in [-0.05, 0) is 48.5 Å². The predicted molar refractivity (Wildman–Crippen MR) is 142 cm³/mol. The molecule has 4 aromatic carbocycles. The van der Waals surface area contributed by atoms with E-state index in [9.17, 15) is 17.6 Å². The molecule has 0 saturated heterocycles. The Kier molecular flexibility index (Phi) is 8.12. The summed E-state index contributed by atoms with van der Waals surface area (Å²) < 4.78 is 59.2. The number of nitrogens with zero attached hydrogens (tertiary/aromatic N) is 1. The first-order valence-corrected chi connectivity index (χ1v) is 12.9. The monoisotopic (exact) mass is 536 g/mol. The van der Waals surface area contributed by atoms with E-state index < -0.39 is 28.3 Å². The molecule has 0 aromatic heterocycles. The molecule has 38 heavy (non-hydrogen) atoms. The predicted octanol–water partition coefficient (Wildman–Crippen LogP) is 5.47. The zero-order valence-corrected chi connectivity index (χ0v) is 21.4. The van der Waals surface area contributed by atoms with Crippen molar-refractivity contribution >= 4 is 27.3 Å². The van der Waals surface area contributed by atoms with E-state index in [-0.39, 0.29) is 16.3 Å². The average molecular weight is 537 g/mol. The van der Waals surface area contributed by atoms with E-state index in [0.29, 0.717) is 27.2 Å². The normalized spacial score (nSPS) is 10.9. The summed E-state index contributed by atoms with van der Waals surface area (Å²) in [6, 6.07) is 25.0. The van der Waals surface area contributed by atoms with Gasteiger partial charge in [-0.15, -0.1) is 0 Å². The van der Waals surface area contributed by atoms with Crippen molar-refractivity contribution in [1.29, 1.82) is 0 Å². The van der Waals surface area contributed by atoms with Crippen molar-refractivity contribution in [3.63, 3.8) is 0 Å². The van der Waals surface area contributed by atoms with E-state index in [1.54, 1.807) is 36.4 Å². The third-order valence-corrected chi connectivity index (χ3v) is 7.24. The first-order valence-electron chi connectivity index (χ1n) is 11.4. The van der Waals surface area contributed by atoms with Crippen molar-refractivity contribution in [2.24, 2.45) is 0 Å². The number of hydrogen-bond acceptors (Lipinski definition) is 6. The number of rotatable bonds is 10. The van der Waals surface area contributed by atoms with Gasteiger partial charge in [-0.25, -0.2) is 12.8 Å². The van der Waals surface area contributed by atoms with Gasteiger partial charge in [-0.3, -0.25) is 9.10 Å².